The summed E-state index contributed by atoms with van der Waals surface area (Å²) in [6.45, 7) is 6.03. The zero-order chi connectivity index (χ0) is 20.3. The highest BCUT2D eigenvalue weighted by Gasteiger charge is 2.49. The molecule has 1 atom stereocenters. The fourth-order valence-corrected chi connectivity index (χ4v) is 5.00. The minimum absolute atomic E-state index is 0.398. The van der Waals surface area contributed by atoms with Crippen LogP contribution < -0.4 is 4.90 Å². The summed E-state index contributed by atoms with van der Waals surface area (Å²) in [7, 11) is 0. The fourth-order valence-electron chi connectivity index (χ4n) is 4.37. The molecule has 0 aromatic carbocycles. The maximum Gasteiger partial charge on any atom is 0.237 e. The van der Waals surface area contributed by atoms with Crippen molar-refractivity contribution in [1.29, 1.82) is 0 Å². The van der Waals surface area contributed by atoms with Crippen LogP contribution in [0.15, 0.2) is 30.2 Å². The van der Waals surface area contributed by atoms with Crippen LogP contribution in [0, 0.1) is 6.92 Å². The first-order valence-electron chi connectivity index (χ1n) is 9.82. The van der Waals surface area contributed by atoms with E-state index in [9.17, 15) is 0 Å². The first kappa shape index (κ1) is 17.7. The van der Waals surface area contributed by atoms with Gasteiger partial charge in [0.2, 0.25) is 5.95 Å². The number of aryl methyl sites for hydroxylation is 1. The van der Waals surface area contributed by atoms with Crippen LogP contribution in [0.25, 0.3) is 22.5 Å². The Kier molecular flexibility index (Phi) is 3.77. The lowest BCUT2D eigenvalue weighted by Crippen LogP contribution is -2.58. The maximum absolute atomic E-state index is 5.90. The van der Waals surface area contributed by atoms with Crippen LogP contribution in [0.1, 0.15) is 25.0 Å². The predicted octanol–water partition coefficient (Wildman–Crippen LogP) is 2.13. The number of anilines is 1. The third kappa shape index (κ3) is 2.27. The molecule has 0 saturated carbocycles. The van der Waals surface area contributed by atoms with E-state index in [2.05, 4.69) is 41.5 Å². The molecule has 1 saturated heterocycles. The zero-order valence-electron chi connectivity index (χ0n) is 16.6. The standard InChI is InChI=1S/C19H19N9OS/c1-3-19-11-29-8-7-27(19)14-13(28-12(2)24-25-17(19)28)10-22-18(23-14)26-6-4-20-15(26)16-21-5-9-30-16/h4-6,9-10H,3,7-8,11H2,1-2H3/t19-/m0/s1. The van der Waals surface area contributed by atoms with Crippen LogP contribution in [0.2, 0.25) is 0 Å². The molecule has 2 aliphatic heterocycles. The van der Waals surface area contributed by atoms with E-state index in [0.717, 1.165) is 47.0 Å². The van der Waals surface area contributed by atoms with Gasteiger partial charge in [0.15, 0.2) is 22.5 Å². The third-order valence-electron chi connectivity index (χ3n) is 5.86. The summed E-state index contributed by atoms with van der Waals surface area (Å²) >= 11 is 1.54. The molecule has 152 valence electrons. The quantitative estimate of drug-likeness (QED) is 0.496. The van der Waals surface area contributed by atoms with Crippen LogP contribution in [0.5, 0.6) is 0 Å². The molecular weight excluding hydrogens is 402 g/mol. The molecule has 4 aromatic heterocycles. The van der Waals surface area contributed by atoms with Crippen molar-refractivity contribution in [2.24, 2.45) is 0 Å². The Morgan fingerprint density at radius 3 is 2.97 bits per heavy atom. The first-order chi connectivity index (χ1) is 14.7. The van der Waals surface area contributed by atoms with E-state index in [-0.39, 0.29) is 0 Å². The van der Waals surface area contributed by atoms with E-state index in [1.807, 2.05) is 29.3 Å². The van der Waals surface area contributed by atoms with Gasteiger partial charge < -0.3 is 9.64 Å². The van der Waals surface area contributed by atoms with Gasteiger partial charge in [0.05, 0.1) is 19.4 Å². The molecule has 11 heteroatoms. The molecule has 0 unspecified atom stereocenters. The lowest BCUT2D eigenvalue weighted by Gasteiger charge is -2.49. The molecule has 0 N–H and O–H groups in total. The molecule has 30 heavy (non-hydrogen) atoms. The Morgan fingerprint density at radius 1 is 1.20 bits per heavy atom. The van der Waals surface area contributed by atoms with Gasteiger partial charge in [-0.05, 0) is 13.3 Å². The number of morpholine rings is 1. The average Bonchev–Trinajstić information content (AvgIpc) is 3.54. The van der Waals surface area contributed by atoms with Gasteiger partial charge in [-0.3, -0.25) is 9.13 Å². The summed E-state index contributed by atoms with van der Waals surface area (Å²) in [6.07, 6.45) is 8.06. The van der Waals surface area contributed by atoms with Gasteiger partial charge in [-0.15, -0.1) is 21.5 Å². The Balaban J connectivity index is 1.57. The van der Waals surface area contributed by atoms with Crippen LogP contribution in [-0.2, 0) is 10.3 Å². The van der Waals surface area contributed by atoms with Gasteiger partial charge in [-0.25, -0.2) is 15.0 Å². The number of hydrogen-bond donors (Lipinski definition) is 0. The summed E-state index contributed by atoms with van der Waals surface area (Å²) in [4.78, 5) is 20.8. The van der Waals surface area contributed by atoms with Gasteiger partial charge in [-0.2, -0.15) is 4.98 Å². The number of nitrogens with zero attached hydrogens (tertiary/aromatic N) is 9. The Labute approximate surface area is 176 Å². The second-order valence-electron chi connectivity index (χ2n) is 7.33. The highest BCUT2D eigenvalue weighted by Crippen LogP contribution is 2.44. The summed E-state index contributed by atoms with van der Waals surface area (Å²) < 4.78 is 9.83. The highest BCUT2D eigenvalue weighted by molar-refractivity contribution is 7.13. The molecule has 0 radical (unpaired) electrons. The smallest absolute Gasteiger partial charge is 0.237 e. The van der Waals surface area contributed by atoms with Crippen molar-refractivity contribution in [3.8, 4) is 22.5 Å². The normalized spacial score (nSPS) is 20.0. The molecule has 10 nitrogen and oxygen atoms in total. The predicted molar refractivity (Wildman–Crippen MR) is 110 cm³/mol. The lowest BCUT2D eigenvalue weighted by molar-refractivity contribution is 0.0390. The molecule has 6 heterocycles. The van der Waals surface area contributed by atoms with E-state index in [0.29, 0.717) is 19.2 Å². The number of aromatic nitrogens is 8. The van der Waals surface area contributed by atoms with Crippen molar-refractivity contribution in [3.63, 3.8) is 0 Å². The summed E-state index contributed by atoms with van der Waals surface area (Å²) in [5.74, 6) is 3.84. The number of rotatable bonds is 3. The van der Waals surface area contributed by atoms with Crippen molar-refractivity contribution >= 4 is 17.2 Å². The maximum atomic E-state index is 5.90. The van der Waals surface area contributed by atoms with Crippen LogP contribution >= 0.6 is 11.3 Å². The number of hydrogen-bond acceptors (Lipinski definition) is 9. The van der Waals surface area contributed by atoms with E-state index < -0.39 is 5.54 Å². The average molecular weight is 421 g/mol. The monoisotopic (exact) mass is 421 g/mol. The van der Waals surface area contributed by atoms with Gasteiger partial charge in [0.1, 0.15) is 17.1 Å². The van der Waals surface area contributed by atoms with Crippen molar-refractivity contribution in [2.75, 3.05) is 24.7 Å². The number of ether oxygens (including phenoxy) is 1. The molecule has 2 aliphatic rings. The largest absolute Gasteiger partial charge is 0.377 e. The molecule has 4 aromatic rings. The minimum atomic E-state index is -0.398. The van der Waals surface area contributed by atoms with Crippen LogP contribution in [0.3, 0.4) is 0 Å². The molecule has 0 bridgehead atoms. The van der Waals surface area contributed by atoms with Gasteiger partial charge in [0.25, 0.3) is 0 Å². The van der Waals surface area contributed by atoms with E-state index >= 15 is 0 Å². The zero-order valence-corrected chi connectivity index (χ0v) is 17.4. The second-order valence-corrected chi connectivity index (χ2v) is 8.23. The highest BCUT2D eigenvalue weighted by atomic mass is 32.1. The summed E-state index contributed by atoms with van der Waals surface area (Å²) in [5.41, 5.74) is 0.490. The topological polar surface area (TPSA) is 99.7 Å². The first-order valence-corrected chi connectivity index (χ1v) is 10.7. The van der Waals surface area contributed by atoms with Crippen LogP contribution in [0.4, 0.5) is 5.82 Å². The van der Waals surface area contributed by atoms with Crippen molar-refractivity contribution in [1.82, 2.24) is 39.3 Å². The van der Waals surface area contributed by atoms with E-state index in [1.54, 1.807) is 12.4 Å². The van der Waals surface area contributed by atoms with Crippen molar-refractivity contribution < 1.29 is 4.74 Å². The fraction of sp³-hybridized carbons (Fsp3) is 0.368. The number of thiazole rings is 1. The summed E-state index contributed by atoms with van der Waals surface area (Å²) in [6, 6.07) is 0. The van der Waals surface area contributed by atoms with Gasteiger partial charge in [0, 0.05) is 30.5 Å². The Morgan fingerprint density at radius 2 is 2.13 bits per heavy atom. The number of imidazole rings is 1. The van der Waals surface area contributed by atoms with E-state index in [4.69, 9.17) is 9.72 Å². The Hall–Kier alpha value is -3.18. The molecule has 1 fully saturated rings. The molecular formula is C19H19N9OS. The van der Waals surface area contributed by atoms with Crippen LogP contribution in [-0.4, -0.2) is 59.0 Å². The second kappa shape index (κ2) is 6.41. The number of fused-ring (bicyclic) bond motifs is 6. The SMILES string of the molecule is CC[C@@]12COCCN1c1nc(-n3ccnc3-c3nccs3)ncc1-n1c(C)nnc12. The molecule has 0 spiro atoms. The van der Waals surface area contributed by atoms with Gasteiger partial charge in [-0.1, -0.05) is 6.92 Å². The molecule has 0 amide bonds. The molecule has 0 aliphatic carbocycles. The third-order valence-corrected chi connectivity index (χ3v) is 6.63. The van der Waals surface area contributed by atoms with Crippen molar-refractivity contribution in [3.05, 3.63) is 41.8 Å². The lowest BCUT2D eigenvalue weighted by atomic mass is 9.90. The molecule has 6 rings (SSSR count). The Bertz CT molecular complexity index is 1230. The summed E-state index contributed by atoms with van der Waals surface area (Å²) in [5, 5.41) is 11.6. The minimum Gasteiger partial charge on any atom is -0.377 e. The van der Waals surface area contributed by atoms with Gasteiger partial charge >= 0.3 is 0 Å². The van der Waals surface area contributed by atoms with E-state index in [1.165, 1.54) is 11.3 Å². The van der Waals surface area contributed by atoms with Crippen molar-refractivity contribution in [2.45, 2.75) is 25.8 Å².